The van der Waals surface area contributed by atoms with Crippen molar-refractivity contribution in [2.24, 2.45) is 0 Å². The molecule has 4 heterocycles. The molecule has 0 aliphatic carbocycles. The van der Waals surface area contributed by atoms with Gasteiger partial charge in [0.1, 0.15) is 0 Å². The molecular formula is C87H56N6. The van der Waals surface area contributed by atoms with E-state index < -0.39 is 0 Å². The highest BCUT2D eigenvalue weighted by Gasteiger charge is 2.22. The molecule has 0 aliphatic rings. The Hall–Kier alpha value is -12.5. The Kier molecular flexibility index (Phi) is 12.8. The van der Waals surface area contributed by atoms with E-state index in [1.54, 1.807) is 0 Å². The molecule has 0 spiro atoms. The van der Waals surface area contributed by atoms with Crippen molar-refractivity contribution in [3.63, 3.8) is 0 Å². The van der Waals surface area contributed by atoms with Gasteiger partial charge in [-0.25, -0.2) is 15.0 Å². The summed E-state index contributed by atoms with van der Waals surface area (Å²) < 4.78 is 7.34. The Labute approximate surface area is 537 Å². The van der Waals surface area contributed by atoms with Gasteiger partial charge in [-0.15, -0.1) is 0 Å². The molecule has 0 radical (unpaired) electrons. The maximum atomic E-state index is 5.11. The number of fused-ring (bicyclic) bond motifs is 9. The van der Waals surface area contributed by atoms with Crippen LogP contribution >= 0.6 is 0 Å². The van der Waals surface area contributed by atoms with E-state index in [4.69, 9.17) is 15.0 Å². The Balaban J connectivity index is 0.764. The molecule has 14 aromatic carbocycles. The highest BCUT2D eigenvalue weighted by atomic mass is 15.0. The zero-order chi connectivity index (χ0) is 61.3. The maximum absolute atomic E-state index is 5.11. The second-order valence-corrected chi connectivity index (χ2v) is 23.9. The lowest BCUT2D eigenvalue weighted by Crippen LogP contribution is -2.00. The van der Waals surface area contributed by atoms with Crippen molar-refractivity contribution in [1.82, 2.24) is 28.7 Å². The summed E-state index contributed by atoms with van der Waals surface area (Å²) in [5, 5.41) is 7.15. The van der Waals surface area contributed by atoms with E-state index in [1.807, 2.05) is 60.7 Å². The summed E-state index contributed by atoms with van der Waals surface area (Å²) in [5.41, 5.74) is 24.5. The summed E-state index contributed by atoms with van der Waals surface area (Å²) in [6, 6.07) is 123. The van der Waals surface area contributed by atoms with E-state index in [1.165, 1.54) is 71.2 Å². The second kappa shape index (κ2) is 22.2. The molecule has 0 fully saturated rings. The van der Waals surface area contributed by atoms with Gasteiger partial charge >= 0.3 is 0 Å². The molecular weight excluding hydrogens is 1130 g/mol. The summed E-state index contributed by atoms with van der Waals surface area (Å²) in [5.74, 6) is 1.89. The average Bonchev–Trinajstić information content (AvgIpc) is 1.60. The fraction of sp³-hybridized carbons (Fsp3) is 0. The van der Waals surface area contributed by atoms with Crippen molar-refractivity contribution in [3.8, 4) is 107 Å². The van der Waals surface area contributed by atoms with Gasteiger partial charge in [-0.05, 0) is 141 Å². The van der Waals surface area contributed by atoms with Gasteiger partial charge in [0.25, 0.3) is 0 Å². The Morgan fingerprint density at radius 2 is 0.559 bits per heavy atom. The second-order valence-electron chi connectivity index (χ2n) is 23.9. The number of hydrogen-bond acceptors (Lipinski definition) is 3. The molecule has 0 saturated heterocycles. The predicted molar refractivity (Wildman–Crippen MR) is 386 cm³/mol. The summed E-state index contributed by atoms with van der Waals surface area (Å²) in [6.45, 7) is 0. The minimum absolute atomic E-state index is 0.620. The van der Waals surface area contributed by atoms with Gasteiger partial charge in [0.2, 0.25) is 0 Å². The molecule has 0 saturated carbocycles. The van der Waals surface area contributed by atoms with Crippen LogP contribution in [0.3, 0.4) is 0 Å². The summed E-state index contributed by atoms with van der Waals surface area (Å²) in [6.07, 6.45) is 0. The molecule has 0 atom stereocenters. The number of aromatic nitrogens is 6. The van der Waals surface area contributed by atoms with Gasteiger partial charge in [-0.2, -0.15) is 0 Å². The molecule has 4 aromatic heterocycles. The first kappa shape index (κ1) is 53.5. The zero-order valence-electron chi connectivity index (χ0n) is 50.5. The van der Waals surface area contributed by atoms with E-state index in [0.717, 1.165) is 83.6 Å². The van der Waals surface area contributed by atoms with Gasteiger partial charge in [0.15, 0.2) is 17.5 Å². The standard InChI is InChI=1S/C87H56N6/c1-6-23-57(24-7-1)62-43-47-79(73(52-62)59-27-10-3-11-28-59)93-77-40-18-16-37-71(77)74-54-64(46-50-82(74)93)65-45-49-81-76(55-65)75-53-63(58-25-8-2-9-26-58)44-48-80(75)91(81)68-35-21-36-69(56-68)92-78-41-19-17-38-72(78)84-70(39-22-42-83(84)92)66-33-20-34-67(51-66)87-89-85(60-29-12-4-13-30-60)88-86(90-87)61-31-14-5-15-32-61/h1-56H. The molecule has 0 N–H and O–H groups in total. The summed E-state index contributed by atoms with van der Waals surface area (Å²) in [4.78, 5) is 15.2. The molecule has 93 heavy (non-hydrogen) atoms. The first-order valence-corrected chi connectivity index (χ1v) is 31.7. The number of para-hydroxylation sites is 2. The Morgan fingerprint density at radius 1 is 0.183 bits per heavy atom. The van der Waals surface area contributed by atoms with Crippen molar-refractivity contribution < 1.29 is 0 Å². The quantitative estimate of drug-likeness (QED) is 0.130. The van der Waals surface area contributed by atoms with Crippen LogP contribution in [0.5, 0.6) is 0 Å². The van der Waals surface area contributed by atoms with Gasteiger partial charge in [0.05, 0.1) is 38.8 Å². The number of benzene rings is 14. The number of rotatable bonds is 11. The van der Waals surface area contributed by atoms with Crippen LogP contribution in [0.25, 0.3) is 172 Å². The van der Waals surface area contributed by atoms with Crippen LogP contribution in [0.2, 0.25) is 0 Å². The summed E-state index contributed by atoms with van der Waals surface area (Å²) >= 11 is 0. The van der Waals surface area contributed by atoms with Gasteiger partial charge in [0, 0.05) is 65.9 Å². The molecule has 434 valence electrons. The third-order valence-electron chi connectivity index (χ3n) is 18.5. The molecule has 18 rings (SSSR count). The first-order valence-electron chi connectivity index (χ1n) is 31.7. The topological polar surface area (TPSA) is 53.5 Å². The molecule has 0 aliphatic heterocycles. The molecule has 6 heteroatoms. The fourth-order valence-corrected chi connectivity index (χ4v) is 14.2. The van der Waals surface area contributed by atoms with Crippen molar-refractivity contribution in [2.45, 2.75) is 0 Å². The van der Waals surface area contributed by atoms with E-state index >= 15 is 0 Å². The SMILES string of the molecule is c1ccc(-c2ccc(-n3c4ccccc4c4cc(-c5ccc6c(c5)c5cc(-c7ccccc7)ccc5n6-c5cccc(-n6c7ccccc7c7c(-c8cccc(-c9nc(-c%10ccccc%10)nc(-c%10ccccc%10)n9)c8)cccc76)c5)ccc43)c(-c3ccccc3)c2)cc1. The van der Waals surface area contributed by atoms with Crippen molar-refractivity contribution >= 4 is 65.4 Å². The summed E-state index contributed by atoms with van der Waals surface area (Å²) in [7, 11) is 0. The molecule has 6 nitrogen and oxygen atoms in total. The number of hydrogen-bond donors (Lipinski definition) is 0. The van der Waals surface area contributed by atoms with Gasteiger partial charge in [-0.1, -0.05) is 249 Å². The Bertz CT molecular complexity index is 5850. The fourth-order valence-electron chi connectivity index (χ4n) is 14.2. The van der Waals surface area contributed by atoms with E-state index in [0.29, 0.717) is 17.5 Å². The zero-order valence-corrected chi connectivity index (χ0v) is 50.5. The van der Waals surface area contributed by atoms with Crippen LogP contribution in [-0.4, -0.2) is 28.7 Å². The van der Waals surface area contributed by atoms with Crippen LogP contribution in [0.1, 0.15) is 0 Å². The largest absolute Gasteiger partial charge is 0.309 e. The molecule has 0 bridgehead atoms. The van der Waals surface area contributed by atoms with Crippen LogP contribution in [0, 0.1) is 0 Å². The van der Waals surface area contributed by atoms with Gasteiger partial charge < -0.3 is 13.7 Å². The third-order valence-corrected chi connectivity index (χ3v) is 18.5. The Morgan fingerprint density at radius 3 is 1.14 bits per heavy atom. The molecule has 18 aromatic rings. The lowest BCUT2D eigenvalue weighted by Gasteiger charge is -2.16. The van der Waals surface area contributed by atoms with Crippen LogP contribution < -0.4 is 0 Å². The van der Waals surface area contributed by atoms with E-state index in [2.05, 4.69) is 293 Å². The average molecular weight is 1190 g/mol. The van der Waals surface area contributed by atoms with Gasteiger partial charge in [-0.3, -0.25) is 0 Å². The molecule has 0 amide bonds. The van der Waals surface area contributed by atoms with E-state index in [-0.39, 0.29) is 0 Å². The van der Waals surface area contributed by atoms with Crippen molar-refractivity contribution in [1.29, 1.82) is 0 Å². The van der Waals surface area contributed by atoms with Crippen LogP contribution in [-0.2, 0) is 0 Å². The van der Waals surface area contributed by atoms with Crippen molar-refractivity contribution in [2.75, 3.05) is 0 Å². The highest BCUT2D eigenvalue weighted by Crippen LogP contribution is 2.44. The number of nitrogens with zero attached hydrogens (tertiary/aromatic N) is 6. The third kappa shape index (κ3) is 9.22. The van der Waals surface area contributed by atoms with Crippen LogP contribution in [0.4, 0.5) is 0 Å². The van der Waals surface area contributed by atoms with E-state index in [9.17, 15) is 0 Å². The predicted octanol–water partition coefficient (Wildman–Crippen LogP) is 22.5. The first-order chi connectivity index (χ1) is 46.1. The van der Waals surface area contributed by atoms with Crippen LogP contribution in [0.15, 0.2) is 340 Å². The monoisotopic (exact) mass is 1180 g/mol. The minimum atomic E-state index is 0.620. The minimum Gasteiger partial charge on any atom is -0.309 e. The lowest BCUT2D eigenvalue weighted by atomic mass is 9.97. The highest BCUT2D eigenvalue weighted by molar-refractivity contribution is 6.17. The normalized spacial score (nSPS) is 11.7. The smallest absolute Gasteiger partial charge is 0.164 e. The van der Waals surface area contributed by atoms with Crippen molar-refractivity contribution in [3.05, 3.63) is 340 Å². The molecule has 0 unspecified atom stereocenters. The maximum Gasteiger partial charge on any atom is 0.164 e. The lowest BCUT2D eigenvalue weighted by molar-refractivity contribution is 1.07.